The second-order valence-electron chi connectivity index (χ2n) is 6.04. The van der Waals surface area contributed by atoms with Crippen molar-refractivity contribution >= 4 is 22.7 Å². The van der Waals surface area contributed by atoms with Gasteiger partial charge in [-0.15, -0.1) is 0 Å². The molecule has 136 valence electrons. The van der Waals surface area contributed by atoms with Gasteiger partial charge >= 0.3 is 0 Å². The largest absolute Gasteiger partial charge is 0.338 e. The Hall–Kier alpha value is -2.93. The highest BCUT2D eigenvalue weighted by molar-refractivity contribution is 7.99. The lowest BCUT2D eigenvalue weighted by Crippen LogP contribution is -2.22. The van der Waals surface area contributed by atoms with Crippen LogP contribution >= 0.6 is 11.8 Å². The summed E-state index contributed by atoms with van der Waals surface area (Å²) in [6, 6.07) is 17.1. The molecule has 4 rings (SSSR count). The Morgan fingerprint density at radius 3 is 2.59 bits per heavy atom. The quantitative estimate of drug-likeness (QED) is 0.380. The second-order valence-corrected chi connectivity index (χ2v) is 7.35. The molecule has 0 aliphatic heterocycles. The molecule has 27 heavy (non-hydrogen) atoms. The van der Waals surface area contributed by atoms with Crippen LogP contribution in [-0.4, -0.2) is 19.7 Å². The van der Waals surface area contributed by atoms with Crippen molar-refractivity contribution in [3.63, 3.8) is 0 Å². The number of nitrogens with zero attached hydrogens (tertiary/aromatic N) is 4. The molecule has 0 bridgehead atoms. The zero-order chi connectivity index (χ0) is 18.8. The van der Waals surface area contributed by atoms with E-state index in [0.717, 1.165) is 5.56 Å². The summed E-state index contributed by atoms with van der Waals surface area (Å²) in [6.07, 6.45) is 0. The zero-order valence-electron chi connectivity index (χ0n) is 15.0. The highest BCUT2D eigenvalue weighted by Crippen LogP contribution is 2.33. The van der Waals surface area contributed by atoms with E-state index in [0.29, 0.717) is 34.3 Å². The standard InChI is InChI=1S/C20H18N4O2S/c1-3-24-19(25)15-11-7-8-12-16(15)21-20(24)27-13(2)18-22-17(23-26-18)14-9-5-4-6-10-14/h4-13H,3H2,1-2H3. The van der Waals surface area contributed by atoms with Crippen molar-refractivity contribution in [2.75, 3.05) is 0 Å². The summed E-state index contributed by atoms with van der Waals surface area (Å²) in [4.78, 5) is 21.9. The number of fused-ring (bicyclic) bond motifs is 1. The van der Waals surface area contributed by atoms with Crippen molar-refractivity contribution in [3.8, 4) is 11.4 Å². The summed E-state index contributed by atoms with van der Waals surface area (Å²) in [6.45, 7) is 4.45. The molecule has 0 N–H and O–H groups in total. The fraction of sp³-hybridized carbons (Fsp3) is 0.200. The number of rotatable bonds is 5. The van der Waals surface area contributed by atoms with Crippen LogP contribution in [0.3, 0.4) is 0 Å². The highest BCUT2D eigenvalue weighted by Gasteiger charge is 2.20. The number of para-hydroxylation sites is 1. The maximum absolute atomic E-state index is 12.7. The van der Waals surface area contributed by atoms with Crippen LogP contribution in [0.5, 0.6) is 0 Å². The Bertz CT molecular complexity index is 1140. The van der Waals surface area contributed by atoms with Crippen molar-refractivity contribution in [3.05, 3.63) is 70.8 Å². The van der Waals surface area contributed by atoms with Crippen molar-refractivity contribution < 1.29 is 4.52 Å². The van der Waals surface area contributed by atoms with E-state index < -0.39 is 0 Å². The number of aromatic nitrogens is 4. The Labute approximate surface area is 160 Å². The monoisotopic (exact) mass is 378 g/mol. The topological polar surface area (TPSA) is 73.8 Å². The maximum atomic E-state index is 12.7. The van der Waals surface area contributed by atoms with E-state index in [4.69, 9.17) is 4.52 Å². The Balaban J connectivity index is 1.66. The van der Waals surface area contributed by atoms with Gasteiger partial charge in [0.2, 0.25) is 11.7 Å². The third-order valence-corrected chi connectivity index (χ3v) is 5.32. The Kier molecular flexibility index (Phi) is 4.77. The van der Waals surface area contributed by atoms with Crippen molar-refractivity contribution in [2.24, 2.45) is 0 Å². The lowest BCUT2D eigenvalue weighted by molar-refractivity contribution is 0.380. The van der Waals surface area contributed by atoms with Crippen LogP contribution in [0.4, 0.5) is 0 Å². The number of hydrogen-bond donors (Lipinski definition) is 0. The van der Waals surface area contributed by atoms with Crippen LogP contribution in [0.25, 0.3) is 22.3 Å². The summed E-state index contributed by atoms with van der Waals surface area (Å²) >= 11 is 1.44. The van der Waals surface area contributed by atoms with Crippen molar-refractivity contribution in [1.29, 1.82) is 0 Å². The van der Waals surface area contributed by atoms with Gasteiger partial charge in [0.15, 0.2) is 5.16 Å². The molecule has 0 aliphatic rings. The fourth-order valence-corrected chi connectivity index (χ4v) is 3.83. The minimum Gasteiger partial charge on any atom is -0.338 e. The lowest BCUT2D eigenvalue weighted by Gasteiger charge is -2.13. The molecule has 0 radical (unpaired) electrons. The SMILES string of the molecule is CCn1c(SC(C)c2nc(-c3ccccc3)no2)nc2ccccc2c1=O. The van der Waals surface area contributed by atoms with E-state index in [1.165, 1.54) is 11.8 Å². The molecule has 1 atom stereocenters. The average molecular weight is 378 g/mol. The molecular formula is C20H18N4O2S. The first-order valence-electron chi connectivity index (χ1n) is 8.72. The fourth-order valence-electron chi connectivity index (χ4n) is 2.83. The lowest BCUT2D eigenvalue weighted by atomic mass is 10.2. The molecule has 0 saturated carbocycles. The van der Waals surface area contributed by atoms with Crippen LogP contribution < -0.4 is 5.56 Å². The molecule has 2 aromatic heterocycles. The van der Waals surface area contributed by atoms with E-state index in [2.05, 4.69) is 15.1 Å². The molecule has 0 spiro atoms. The predicted octanol–water partition coefficient (Wildman–Crippen LogP) is 4.32. The van der Waals surface area contributed by atoms with Gasteiger partial charge in [0.1, 0.15) is 0 Å². The van der Waals surface area contributed by atoms with Crippen molar-refractivity contribution in [1.82, 2.24) is 19.7 Å². The number of hydrogen-bond acceptors (Lipinski definition) is 6. The average Bonchev–Trinajstić information content (AvgIpc) is 3.19. The molecule has 2 heterocycles. The van der Waals surface area contributed by atoms with E-state index in [1.54, 1.807) is 10.6 Å². The molecule has 1 unspecified atom stereocenters. The number of benzene rings is 2. The van der Waals surface area contributed by atoms with Crippen LogP contribution in [0.15, 0.2) is 69.1 Å². The molecule has 7 heteroatoms. The molecular weight excluding hydrogens is 360 g/mol. The maximum Gasteiger partial charge on any atom is 0.262 e. The third-order valence-electron chi connectivity index (χ3n) is 4.25. The summed E-state index contributed by atoms with van der Waals surface area (Å²) in [7, 11) is 0. The van der Waals surface area contributed by atoms with Gasteiger partial charge in [-0.05, 0) is 26.0 Å². The minimum absolute atomic E-state index is 0.0340. The van der Waals surface area contributed by atoms with Crippen LogP contribution in [0, 0.1) is 0 Å². The van der Waals surface area contributed by atoms with Gasteiger partial charge in [0.25, 0.3) is 5.56 Å². The first-order chi connectivity index (χ1) is 13.2. The first-order valence-corrected chi connectivity index (χ1v) is 9.60. The second kappa shape index (κ2) is 7.36. The molecule has 0 amide bonds. The molecule has 0 aliphatic carbocycles. The summed E-state index contributed by atoms with van der Waals surface area (Å²) in [5, 5.41) is 5.20. The number of thioether (sulfide) groups is 1. The van der Waals surface area contributed by atoms with E-state index in [-0.39, 0.29) is 10.8 Å². The first kappa shape index (κ1) is 17.5. The van der Waals surface area contributed by atoms with Gasteiger partial charge in [0.05, 0.1) is 16.2 Å². The Morgan fingerprint density at radius 2 is 1.81 bits per heavy atom. The van der Waals surface area contributed by atoms with Crippen LogP contribution in [0.1, 0.15) is 25.0 Å². The van der Waals surface area contributed by atoms with Crippen LogP contribution in [0.2, 0.25) is 0 Å². The zero-order valence-corrected chi connectivity index (χ0v) is 15.8. The van der Waals surface area contributed by atoms with Crippen LogP contribution in [-0.2, 0) is 6.54 Å². The molecule has 2 aromatic carbocycles. The predicted molar refractivity (Wildman–Crippen MR) is 106 cm³/mol. The highest BCUT2D eigenvalue weighted by atomic mass is 32.2. The Morgan fingerprint density at radius 1 is 1.07 bits per heavy atom. The minimum atomic E-state index is -0.138. The molecule has 4 aromatic rings. The van der Waals surface area contributed by atoms with Gasteiger partial charge in [0, 0.05) is 12.1 Å². The van der Waals surface area contributed by atoms with Gasteiger partial charge in [-0.2, -0.15) is 4.98 Å². The van der Waals surface area contributed by atoms with Gasteiger partial charge in [-0.3, -0.25) is 9.36 Å². The molecule has 0 fully saturated rings. The van der Waals surface area contributed by atoms with Crippen molar-refractivity contribution in [2.45, 2.75) is 30.8 Å². The molecule has 0 saturated heterocycles. The summed E-state index contributed by atoms with van der Waals surface area (Å²) in [5.74, 6) is 1.06. The van der Waals surface area contributed by atoms with E-state index in [9.17, 15) is 4.79 Å². The van der Waals surface area contributed by atoms with Gasteiger partial charge in [-0.1, -0.05) is 59.4 Å². The molecule has 6 nitrogen and oxygen atoms in total. The van der Waals surface area contributed by atoms with Gasteiger partial charge < -0.3 is 4.52 Å². The normalized spacial score (nSPS) is 12.4. The van der Waals surface area contributed by atoms with E-state index in [1.807, 2.05) is 62.4 Å². The van der Waals surface area contributed by atoms with E-state index >= 15 is 0 Å². The third kappa shape index (κ3) is 3.38. The smallest absolute Gasteiger partial charge is 0.262 e. The van der Waals surface area contributed by atoms with Gasteiger partial charge in [-0.25, -0.2) is 4.98 Å². The summed E-state index contributed by atoms with van der Waals surface area (Å²) < 4.78 is 7.13. The summed E-state index contributed by atoms with van der Waals surface area (Å²) in [5.41, 5.74) is 1.56.